The molecule has 1 aromatic heterocycles. The zero-order valence-electron chi connectivity index (χ0n) is 18.6. The van der Waals surface area contributed by atoms with E-state index in [1.54, 1.807) is 4.31 Å². The summed E-state index contributed by atoms with van der Waals surface area (Å²) in [5.41, 5.74) is -0.557. The van der Waals surface area contributed by atoms with E-state index in [1.165, 1.54) is 16.4 Å². The van der Waals surface area contributed by atoms with Crippen molar-refractivity contribution in [2.24, 2.45) is 5.92 Å². The van der Waals surface area contributed by atoms with Crippen LogP contribution < -0.4 is 0 Å². The molecule has 3 heterocycles. The first-order chi connectivity index (χ1) is 15.6. The zero-order chi connectivity index (χ0) is 23.8. The molecule has 0 radical (unpaired) electrons. The molecule has 33 heavy (non-hydrogen) atoms. The lowest BCUT2D eigenvalue weighted by atomic mass is 10.0. The largest absolute Gasteiger partial charge is 0.416 e. The Morgan fingerprint density at radius 3 is 2.52 bits per heavy atom. The van der Waals surface area contributed by atoms with Gasteiger partial charge in [-0.3, -0.25) is 4.90 Å². The van der Waals surface area contributed by atoms with Crippen LogP contribution in [0.2, 0.25) is 0 Å². The molecule has 2 aliphatic heterocycles. The summed E-state index contributed by atoms with van der Waals surface area (Å²) in [5.74, 6) is 0.727. The van der Waals surface area contributed by atoms with Crippen molar-refractivity contribution in [2.75, 3.05) is 39.3 Å². The average molecular weight is 488 g/mol. The minimum absolute atomic E-state index is 0.0865. The molecule has 0 saturated carbocycles. The van der Waals surface area contributed by atoms with E-state index >= 15 is 0 Å². The minimum Gasteiger partial charge on any atom is -0.337 e. The SMILES string of the molecule is CC1CCCN(S(=O)(=O)N2CCN(C(C)c3nc(-c4cccc(C(F)(F)F)c4)no3)CC2)C1. The Labute approximate surface area is 191 Å². The van der Waals surface area contributed by atoms with Crippen LogP contribution >= 0.6 is 0 Å². The number of rotatable bonds is 5. The van der Waals surface area contributed by atoms with Crippen LogP contribution in [-0.4, -0.2) is 71.3 Å². The van der Waals surface area contributed by atoms with E-state index in [-0.39, 0.29) is 23.3 Å². The van der Waals surface area contributed by atoms with E-state index in [0.717, 1.165) is 25.0 Å². The fourth-order valence-corrected chi connectivity index (χ4v) is 6.11. The summed E-state index contributed by atoms with van der Waals surface area (Å²) in [6, 6.07) is 4.49. The third-order valence-electron chi connectivity index (χ3n) is 6.34. The van der Waals surface area contributed by atoms with Crippen molar-refractivity contribution >= 4 is 10.2 Å². The predicted octanol–water partition coefficient (Wildman–Crippen LogP) is 3.41. The van der Waals surface area contributed by atoms with Crippen molar-refractivity contribution in [3.8, 4) is 11.4 Å². The maximum atomic E-state index is 13.0. The van der Waals surface area contributed by atoms with Gasteiger partial charge in [-0.15, -0.1) is 0 Å². The van der Waals surface area contributed by atoms with Crippen LogP contribution in [0, 0.1) is 5.92 Å². The predicted molar refractivity (Wildman–Crippen MR) is 115 cm³/mol. The molecule has 1 aromatic carbocycles. The van der Waals surface area contributed by atoms with E-state index in [9.17, 15) is 21.6 Å². The summed E-state index contributed by atoms with van der Waals surface area (Å²) in [6.45, 7) is 6.73. The number of hydrogen-bond donors (Lipinski definition) is 0. The molecule has 2 unspecified atom stereocenters. The van der Waals surface area contributed by atoms with Gasteiger partial charge in [-0.05, 0) is 37.8 Å². The summed E-state index contributed by atoms with van der Waals surface area (Å²) in [5, 5.41) is 3.85. The highest BCUT2D eigenvalue weighted by Gasteiger charge is 2.36. The van der Waals surface area contributed by atoms with E-state index in [0.29, 0.717) is 45.2 Å². The molecule has 0 amide bonds. The van der Waals surface area contributed by atoms with Gasteiger partial charge in [0.05, 0.1) is 11.6 Å². The molecule has 8 nitrogen and oxygen atoms in total. The number of aromatic nitrogens is 2. The van der Waals surface area contributed by atoms with Gasteiger partial charge in [-0.25, -0.2) is 0 Å². The molecule has 2 atom stereocenters. The third kappa shape index (κ3) is 5.23. The fourth-order valence-electron chi connectivity index (χ4n) is 4.35. The van der Waals surface area contributed by atoms with Gasteiger partial charge in [-0.2, -0.15) is 35.2 Å². The first-order valence-corrected chi connectivity index (χ1v) is 12.5. The van der Waals surface area contributed by atoms with Gasteiger partial charge in [0, 0.05) is 44.8 Å². The molecular formula is C21H28F3N5O3S. The molecule has 2 aliphatic rings. The number of alkyl halides is 3. The van der Waals surface area contributed by atoms with Gasteiger partial charge in [0.25, 0.3) is 10.2 Å². The van der Waals surface area contributed by atoms with Gasteiger partial charge in [0.1, 0.15) is 0 Å². The smallest absolute Gasteiger partial charge is 0.337 e. The summed E-state index contributed by atoms with van der Waals surface area (Å²) >= 11 is 0. The zero-order valence-corrected chi connectivity index (χ0v) is 19.4. The van der Waals surface area contributed by atoms with Crippen molar-refractivity contribution in [2.45, 2.75) is 38.9 Å². The normalized spacial score (nSPS) is 23.0. The van der Waals surface area contributed by atoms with Gasteiger partial charge < -0.3 is 4.52 Å². The van der Waals surface area contributed by atoms with E-state index in [2.05, 4.69) is 17.1 Å². The van der Waals surface area contributed by atoms with Crippen molar-refractivity contribution in [1.29, 1.82) is 0 Å². The Kier molecular flexibility index (Phi) is 6.81. The van der Waals surface area contributed by atoms with Crippen molar-refractivity contribution in [3.05, 3.63) is 35.7 Å². The Bertz CT molecular complexity index is 1070. The summed E-state index contributed by atoms with van der Waals surface area (Å²) in [6.07, 6.45) is -2.53. The molecule has 182 valence electrons. The van der Waals surface area contributed by atoms with Crippen molar-refractivity contribution < 1.29 is 26.1 Å². The number of piperazine rings is 1. The van der Waals surface area contributed by atoms with E-state index < -0.39 is 21.9 Å². The second kappa shape index (κ2) is 9.32. The van der Waals surface area contributed by atoms with Crippen LogP contribution in [0.15, 0.2) is 28.8 Å². The highest BCUT2D eigenvalue weighted by molar-refractivity contribution is 7.86. The third-order valence-corrected chi connectivity index (χ3v) is 8.34. The molecule has 0 bridgehead atoms. The molecule has 4 rings (SSSR count). The average Bonchev–Trinajstić information content (AvgIpc) is 3.28. The lowest BCUT2D eigenvalue weighted by molar-refractivity contribution is -0.137. The lowest BCUT2D eigenvalue weighted by Crippen LogP contribution is -2.54. The summed E-state index contributed by atoms with van der Waals surface area (Å²) in [4.78, 5) is 6.34. The molecule has 0 spiro atoms. The minimum atomic E-state index is -4.46. The summed E-state index contributed by atoms with van der Waals surface area (Å²) in [7, 11) is -3.48. The van der Waals surface area contributed by atoms with Crippen LogP contribution in [0.25, 0.3) is 11.4 Å². The van der Waals surface area contributed by atoms with Crippen LogP contribution in [0.1, 0.15) is 44.2 Å². The van der Waals surface area contributed by atoms with E-state index in [4.69, 9.17) is 4.52 Å². The second-order valence-corrected chi connectivity index (χ2v) is 10.7. The molecule has 0 N–H and O–H groups in total. The Morgan fingerprint density at radius 2 is 1.85 bits per heavy atom. The van der Waals surface area contributed by atoms with Gasteiger partial charge in [0.2, 0.25) is 11.7 Å². The fraction of sp³-hybridized carbons (Fsp3) is 0.619. The second-order valence-electron chi connectivity index (χ2n) is 8.76. The molecule has 2 aromatic rings. The maximum absolute atomic E-state index is 13.0. The monoisotopic (exact) mass is 487 g/mol. The molecule has 0 aliphatic carbocycles. The Hall–Kier alpha value is -2.02. The first-order valence-electron chi connectivity index (χ1n) is 11.1. The molecule has 12 heteroatoms. The van der Waals surface area contributed by atoms with Gasteiger partial charge in [-0.1, -0.05) is 24.2 Å². The maximum Gasteiger partial charge on any atom is 0.416 e. The number of hydrogen-bond acceptors (Lipinski definition) is 6. The standard InChI is InChI=1S/C21H28F3N5O3S/c1-15-5-4-8-29(14-15)33(30,31)28-11-9-27(10-12-28)16(2)20-25-19(26-32-20)17-6-3-7-18(13-17)21(22,23)24/h3,6-7,13,15-16H,4-5,8-12,14H2,1-2H3. The topological polar surface area (TPSA) is 82.8 Å². The van der Waals surface area contributed by atoms with Crippen LogP contribution in [-0.2, 0) is 16.4 Å². The Morgan fingerprint density at radius 1 is 1.12 bits per heavy atom. The highest BCUT2D eigenvalue weighted by atomic mass is 32.2. The number of nitrogens with zero attached hydrogens (tertiary/aromatic N) is 5. The first kappa shape index (κ1) is 24.1. The molecular weight excluding hydrogens is 459 g/mol. The quantitative estimate of drug-likeness (QED) is 0.643. The molecule has 2 saturated heterocycles. The van der Waals surface area contributed by atoms with Crippen LogP contribution in [0.5, 0.6) is 0 Å². The lowest BCUT2D eigenvalue weighted by Gasteiger charge is -2.39. The number of piperidine rings is 1. The van der Waals surface area contributed by atoms with Crippen molar-refractivity contribution in [3.63, 3.8) is 0 Å². The van der Waals surface area contributed by atoms with Crippen LogP contribution in [0.3, 0.4) is 0 Å². The molecule has 2 fully saturated rings. The Balaban J connectivity index is 1.40. The number of halogens is 3. The van der Waals surface area contributed by atoms with E-state index in [1.807, 2.05) is 11.8 Å². The summed E-state index contributed by atoms with van der Waals surface area (Å²) < 4.78 is 73.4. The highest BCUT2D eigenvalue weighted by Crippen LogP contribution is 2.32. The van der Waals surface area contributed by atoms with Crippen LogP contribution in [0.4, 0.5) is 13.2 Å². The van der Waals surface area contributed by atoms with Crippen molar-refractivity contribution in [1.82, 2.24) is 23.7 Å². The van der Waals surface area contributed by atoms with Gasteiger partial charge in [0.15, 0.2) is 0 Å². The van der Waals surface area contributed by atoms with Gasteiger partial charge >= 0.3 is 6.18 Å². The number of benzene rings is 1.